The summed E-state index contributed by atoms with van der Waals surface area (Å²) >= 11 is 0. The summed E-state index contributed by atoms with van der Waals surface area (Å²) < 4.78 is 38.5. The van der Waals surface area contributed by atoms with Gasteiger partial charge in [0.2, 0.25) is 0 Å². The van der Waals surface area contributed by atoms with Gasteiger partial charge in [0.25, 0.3) is 0 Å². The lowest BCUT2D eigenvalue weighted by Gasteiger charge is -2.06. The summed E-state index contributed by atoms with van der Waals surface area (Å²) in [5, 5.41) is 6.03. The van der Waals surface area contributed by atoms with Gasteiger partial charge >= 0.3 is 6.18 Å². The van der Waals surface area contributed by atoms with Gasteiger partial charge in [-0.25, -0.2) is 0 Å². The zero-order valence-electron chi connectivity index (χ0n) is 9.51. The Kier molecular flexibility index (Phi) is 2.43. The molecule has 0 spiro atoms. The number of rotatable bonds is 0. The van der Waals surface area contributed by atoms with E-state index >= 15 is 0 Å². The summed E-state index contributed by atoms with van der Waals surface area (Å²) in [4.78, 5) is 0. The molecule has 0 unspecified atom stereocenters. The molecule has 2 nitrogen and oxygen atoms in total. The molecule has 0 radical (unpaired) electrons. The monoisotopic (exact) mass is 252 g/mol. The van der Waals surface area contributed by atoms with Gasteiger partial charge in [0.1, 0.15) is 5.69 Å². The minimum absolute atomic E-state index is 0.299. The predicted molar refractivity (Wildman–Crippen MR) is 61.1 cm³/mol. The Morgan fingerprint density at radius 1 is 1.11 bits per heavy atom. The molecule has 0 saturated heterocycles. The number of aromatic nitrogens is 2. The van der Waals surface area contributed by atoms with Crippen LogP contribution in [0.15, 0.2) is 24.3 Å². The van der Waals surface area contributed by atoms with Gasteiger partial charge in [-0.05, 0) is 24.8 Å². The van der Waals surface area contributed by atoms with Crippen LogP contribution < -0.4 is 0 Å². The van der Waals surface area contributed by atoms with Crippen molar-refractivity contribution in [3.05, 3.63) is 41.1 Å². The van der Waals surface area contributed by atoms with Crippen LogP contribution in [0.25, 0.3) is 11.3 Å². The number of fused-ring (bicyclic) bond motifs is 3. The number of aryl methyl sites for hydroxylation is 1. The fraction of sp³-hybridized carbons (Fsp3) is 0.308. The lowest BCUT2D eigenvalue weighted by Crippen LogP contribution is -2.09. The number of aromatic amines is 1. The first-order valence-corrected chi connectivity index (χ1v) is 5.80. The predicted octanol–water partition coefficient (Wildman–Crippen LogP) is 3.58. The molecule has 1 aromatic heterocycles. The summed E-state index contributed by atoms with van der Waals surface area (Å²) in [6.07, 6.45) is -2.44. The molecule has 18 heavy (non-hydrogen) atoms. The maximum Gasteiger partial charge on any atom is 0.433 e. The molecule has 1 N–H and O–H groups in total. The quantitative estimate of drug-likeness (QED) is 0.762. The smallest absolute Gasteiger partial charge is 0.273 e. The fourth-order valence-corrected chi connectivity index (χ4v) is 2.49. The van der Waals surface area contributed by atoms with Crippen LogP contribution in [0.1, 0.15) is 23.2 Å². The van der Waals surface area contributed by atoms with Gasteiger partial charge in [-0.2, -0.15) is 18.3 Å². The van der Waals surface area contributed by atoms with Crippen molar-refractivity contribution in [3.63, 3.8) is 0 Å². The molecule has 1 aliphatic rings. The highest BCUT2D eigenvalue weighted by Gasteiger charge is 2.37. The zero-order valence-corrected chi connectivity index (χ0v) is 9.51. The molecule has 94 valence electrons. The molecule has 0 fully saturated rings. The van der Waals surface area contributed by atoms with Crippen molar-refractivity contribution in [2.45, 2.75) is 25.4 Å². The maximum absolute atomic E-state index is 12.8. The first kappa shape index (κ1) is 11.3. The Bertz CT molecular complexity index is 584. The van der Waals surface area contributed by atoms with Gasteiger partial charge < -0.3 is 0 Å². The van der Waals surface area contributed by atoms with Crippen molar-refractivity contribution in [1.82, 2.24) is 10.2 Å². The number of hydrogen-bond acceptors (Lipinski definition) is 1. The van der Waals surface area contributed by atoms with Crippen LogP contribution in [0.4, 0.5) is 13.2 Å². The van der Waals surface area contributed by atoms with Crippen LogP contribution in [0.5, 0.6) is 0 Å². The molecular formula is C13H11F3N2. The van der Waals surface area contributed by atoms with Crippen molar-refractivity contribution >= 4 is 0 Å². The molecular weight excluding hydrogens is 241 g/mol. The summed E-state index contributed by atoms with van der Waals surface area (Å²) in [6.45, 7) is 0. The molecule has 0 aliphatic heterocycles. The lowest BCUT2D eigenvalue weighted by atomic mass is 10.0. The minimum atomic E-state index is -4.36. The Morgan fingerprint density at radius 3 is 2.67 bits per heavy atom. The van der Waals surface area contributed by atoms with Crippen molar-refractivity contribution < 1.29 is 13.2 Å². The van der Waals surface area contributed by atoms with Gasteiger partial charge in [-0.3, -0.25) is 5.10 Å². The van der Waals surface area contributed by atoms with Crippen LogP contribution >= 0.6 is 0 Å². The van der Waals surface area contributed by atoms with E-state index in [1.165, 1.54) is 0 Å². The molecule has 3 rings (SSSR count). The van der Waals surface area contributed by atoms with Gasteiger partial charge in [0, 0.05) is 11.1 Å². The number of hydrogen-bond donors (Lipinski definition) is 1. The number of H-pyrrole nitrogens is 1. The average Bonchev–Trinajstić information content (AvgIpc) is 2.66. The Hall–Kier alpha value is -1.78. The molecule has 0 atom stereocenters. The van der Waals surface area contributed by atoms with Crippen molar-refractivity contribution in [1.29, 1.82) is 0 Å². The maximum atomic E-state index is 12.8. The molecule has 0 bridgehead atoms. The van der Waals surface area contributed by atoms with Gasteiger partial charge in [0.15, 0.2) is 0 Å². The van der Waals surface area contributed by atoms with E-state index in [1.807, 2.05) is 24.3 Å². The standard InChI is InChI=1S/C13H11F3N2/c14-13(15,16)12-10-7-3-5-8-4-1-2-6-9(8)11(10)17-18-12/h1-2,4,6H,3,5,7H2,(H,17,18). The second-order valence-corrected chi connectivity index (χ2v) is 4.43. The summed E-state index contributed by atoms with van der Waals surface area (Å²) in [5.74, 6) is 0. The summed E-state index contributed by atoms with van der Waals surface area (Å²) in [7, 11) is 0. The van der Waals surface area contributed by atoms with Crippen LogP contribution in [-0.2, 0) is 19.0 Å². The van der Waals surface area contributed by atoms with Crippen molar-refractivity contribution in [2.75, 3.05) is 0 Å². The van der Waals surface area contributed by atoms with E-state index in [-0.39, 0.29) is 0 Å². The second-order valence-electron chi connectivity index (χ2n) is 4.43. The highest BCUT2D eigenvalue weighted by atomic mass is 19.4. The van der Waals surface area contributed by atoms with Crippen molar-refractivity contribution in [3.8, 4) is 11.3 Å². The van der Waals surface area contributed by atoms with Gasteiger partial charge in [-0.1, -0.05) is 24.3 Å². The van der Waals surface area contributed by atoms with E-state index in [9.17, 15) is 13.2 Å². The third-order valence-electron chi connectivity index (χ3n) is 3.30. The van der Waals surface area contributed by atoms with E-state index in [2.05, 4.69) is 10.2 Å². The number of benzene rings is 1. The minimum Gasteiger partial charge on any atom is -0.273 e. The third kappa shape index (κ3) is 1.70. The third-order valence-corrected chi connectivity index (χ3v) is 3.30. The van der Waals surface area contributed by atoms with Crippen LogP contribution in [0.3, 0.4) is 0 Å². The van der Waals surface area contributed by atoms with E-state index in [1.54, 1.807) is 0 Å². The number of alkyl halides is 3. The summed E-state index contributed by atoms with van der Waals surface area (Å²) in [5.41, 5.74) is 1.94. The van der Waals surface area contributed by atoms with Crippen molar-refractivity contribution in [2.24, 2.45) is 0 Å². The van der Waals surface area contributed by atoms with E-state index in [0.717, 1.165) is 17.5 Å². The van der Waals surface area contributed by atoms with Crippen LogP contribution in [0, 0.1) is 0 Å². The topological polar surface area (TPSA) is 28.7 Å². The Morgan fingerprint density at radius 2 is 1.89 bits per heavy atom. The summed E-state index contributed by atoms with van der Waals surface area (Å²) in [6, 6.07) is 7.52. The molecule has 0 amide bonds. The number of halogens is 3. The Balaban J connectivity index is 2.21. The molecule has 1 aliphatic carbocycles. The molecule has 1 heterocycles. The SMILES string of the molecule is FC(F)(F)c1[nH]nc2c1CCCc1ccccc1-2. The largest absolute Gasteiger partial charge is 0.433 e. The first-order chi connectivity index (χ1) is 8.57. The molecule has 1 aromatic carbocycles. The average molecular weight is 252 g/mol. The van der Waals surface area contributed by atoms with E-state index < -0.39 is 11.9 Å². The number of nitrogens with zero attached hydrogens (tertiary/aromatic N) is 1. The second kappa shape index (κ2) is 3.86. The fourth-order valence-electron chi connectivity index (χ4n) is 2.49. The van der Waals surface area contributed by atoms with Crippen LogP contribution in [-0.4, -0.2) is 10.2 Å². The molecule has 5 heteroatoms. The van der Waals surface area contributed by atoms with E-state index in [4.69, 9.17) is 0 Å². The van der Waals surface area contributed by atoms with Gasteiger partial charge in [0.05, 0.1) is 5.69 Å². The highest BCUT2D eigenvalue weighted by molar-refractivity contribution is 5.69. The highest BCUT2D eigenvalue weighted by Crippen LogP contribution is 2.38. The lowest BCUT2D eigenvalue weighted by molar-refractivity contribution is -0.141. The molecule has 0 saturated carbocycles. The first-order valence-electron chi connectivity index (χ1n) is 5.80. The van der Waals surface area contributed by atoms with E-state index in [0.29, 0.717) is 24.1 Å². The normalized spacial score (nSPS) is 14.8. The zero-order chi connectivity index (χ0) is 12.8. The number of nitrogens with one attached hydrogen (secondary N) is 1. The Labute approximate surface area is 102 Å². The molecule has 2 aromatic rings. The van der Waals surface area contributed by atoms with Crippen LogP contribution in [0.2, 0.25) is 0 Å². The van der Waals surface area contributed by atoms with Gasteiger partial charge in [-0.15, -0.1) is 0 Å².